The first-order valence-corrected chi connectivity index (χ1v) is 3.29. The Morgan fingerprint density at radius 1 is 1.38 bits per heavy atom. The van der Waals surface area contributed by atoms with Gasteiger partial charge in [0.15, 0.2) is 0 Å². The Kier molecular flexibility index (Phi) is 5.08. The second-order valence-electron chi connectivity index (χ2n) is 2.29. The molecule has 0 saturated carbocycles. The lowest BCUT2D eigenvalue weighted by molar-refractivity contribution is 0.430. The van der Waals surface area contributed by atoms with E-state index in [0.29, 0.717) is 0 Å². The minimum Gasteiger partial charge on any atom is -0.305 e. The van der Waals surface area contributed by atoms with Gasteiger partial charge in [0, 0.05) is 7.05 Å². The second kappa shape index (κ2) is 5.10. The third-order valence-electron chi connectivity index (χ3n) is 1.14. The molecule has 0 rings (SSSR count). The maximum absolute atomic E-state index is 3.74. The van der Waals surface area contributed by atoms with Crippen molar-refractivity contribution in [3.05, 3.63) is 7.05 Å². The highest BCUT2D eigenvalue weighted by molar-refractivity contribution is 4.46. The van der Waals surface area contributed by atoms with Crippen molar-refractivity contribution in [2.24, 2.45) is 0 Å². The van der Waals surface area contributed by atoms with Gasteiger partial charge in [-0.25, -0.2) is 0 Å². The van der Waals surface area contributed by atoms with Crippen LogP contribution in [0.5, 0.6) is 0 Å². The van der Waals surface area contributed by atoms with Crippen molar-refractivity contribution < 1.29 is 0 Å². The van der Waals surface area contributed by atoms with Gasteiger partial charge in [0.1, 0.15) is 0 Å². The van der Waals surface area contributed by atoms with Gasteiger partial charge in [0.2, 0.25) is 0 Å². The van der Waals surface area contributed by atoms with E-state index in [0.717, 1.165) is 6.54 Å². The predicted octanol–water partition coefficient (Wildman–Crippen LogP) is 1.90. The molecule has 1 heteroatoms. The molecule has 0 atom stereocenters. The Bertz CT molecular complexity index is 41.7. The lowest BCUT2D eigenvalue weighted by Crippen LogP contribution is -2.09. The largest absolute Gasteiger partial charge is 0.305 e. The van der Waals surface area contributed by atoms with Gasteiger partial charge < -0.3 is 4.90 Å². The second-order valence-corrected chi connectivity index (χ2v) is 2.29. The molecule has 0 saturated heterocycles. The molecule has 49 valence electrons. The minimum absolute atomic E-state index is 1.13. The molecule has 8 heavy (non-hydrogen) atoms. The van der Waals surface area contributed by atoms with Gasteiger partial charge in [0.05, 0.1) is 0 Å². The van der Waals surface area contributed by atoms with E-state index < -0.39 is 0 Å². The Morgan fingerprint density at radius 2 is 2.00 bits per heavy atom. The predicted molar refractivity (Wildman–Crippen MR) is 37.5 cm³/mol. The maximum Gasteiger partial charge on any atom is 0.0106 e. The van der Waals surface area contributed by atoms with Crippen molar-refractivity contribution in [1.82, 2.24) is 4.90 Å². The number of hydrogen-bond donors (Lipinski definition) is 0. The van der Waals surface area contributed by atoms with E-state index >= 15 is 0 Å². The van der Waals surface area contributed by atoms with Crippen LogP contribution in [-0.4, -0.2) is 18.5 Å². The first-order valence-electron chi connectivity index (χ1n) is 3.29. The molecule has 0 aliphatic carbocycles. The van der Waals surface area contributed by atoms with E-state index in [9.17, 15) is 0 Å². The number of unbranched alkanes of at least 4 members (excludes halogenated alkanes) is 2. The van der Waals surface area contributed by atoms with Gasteiger partial charge in [-0.2, -0.15) is 0 Å². The monoisotopic (exact) mass is 114 g/mol. The zero-order valence-corrected chi connectivity index (χ0v) is 5.98. The molecule has 0 spiro atoms. The summed E-state index contributed by atoms with van der Waals surface area (Å²) in [7, 11) is 5.75. The Labute approximate surface area is 52.7 Å². The highest BCUT2D eigenvalue weighted by Crippen LogP contribution is 1.93. The molecule has 0 bridgehead atoms. The van der Waals surface area contributed by atoms with Crippen molar-refractivity contribution in [2.75, 3.05) is 13.6 Å². The number of nitrogens with zero attached hydrogens (tertiary/aromatic N) is 1. The van der Waals surface area contributed by atoms with E-state index in [1.807, 2.05) is 11.9 Å². The van der Waals surface area contributed by atoms with Crippen molar-refractivity contribution in [3.63, 3.8) is 0 Å². The molecule has 0 heterocycles. The lowest BCUT2D eigenvalue weighted by Gasteiger charge is -2.06. The van der Waals surface area contributed by atoms with Crippen LogP contribution < -0.4 is 0 Å². The summed E-state index contributed by atoms with van der Waals surface area (Å²) in [5.74, 6) is 0. The van der Waals surface area contributed by atoms with Crippen LogP contribution in [0.3, 0.4) is 0 Å². The normalized spacial score (nSPS) is 10.5. The molecule has 0 aliphatic heterocycles. The van der Waals surface area contributed by atoms with Crippen molar-refractivity contribution in [2.45, 2.75) is 26.2 Å². The van der Waals surface area contributed by atoms with E-state index in [-0.39, 0.29) is 0 Å². The van der Waals surface area contributed by atoms with Crippen LogP contribution in [0, 0.1) is 7.05 Å². The molecule has 0 aromatic carbocycles. The van der Waals surface area contributed by atoms with Crippen LogP contribution in [0.1, 0.15) is 26.2 Å². The van der Waals surface area contributed by atoms with E-state index in [4.69, 9.17) is 0 Å². The fourth-order valence-electron chi connectivity index (χ4n) is 0.632. The van der Waals surface area contributed by atoms with Gasteiger partial charge in [0.25, 0.3) is 0 Å². The highest BCUT2D eigenvalue weighted by Gasteiger charge is 1.86. The molecule has 0 aromatic heterocycles. The summed E-state index contributed by atoms with van der Waals surface area (Å²) >= 11 is 0. The van der Waals surface area contributed by atoms with Gasteiger partial charge in [-0.3, -0.25) is 0 Å². The summed E-state index contributed by atoms with van der Waals surface area (Å²) in [5.41, 5.74) is 0. The summed E-state index contributed by atoms with van der Waals surface area (Å²) < 4.78 is 0. The molecule has 0 fully saturated rings. The van der Waals surface area contributed by atoms with Crippen LogP contribution in [0.4, 0.5) is 0 Å². The van der Waals surface area contributed by atoms with Gasteiger partial charge in [-0.1, -0.05) is 19.8 Å². The molecular weight excluding hydrogens is 98.1 g/mol. The molecular formula is C7H16N. The van der Waals surface area contributed by atoms with E-state index in [2.05, 4.69) is 14.0 Å². The summed E-state index contributed by atoms with van der Waals surface area (Å²) in [6, 6.07) is 0. The molecule has 0 amide bonds. The van der Waals surface area contributed by atoms with E-state index in [1.54, 1.807) is 0 Å². The molecule has 1 nitrogen and oxygen atoms in total. The number of rotatable bonds is 4. The summed E-state index contributed by atoms with van der Waals surface area (Å²) in [5, 5.41) is 0. The third-order valence-corrected chi connectivity index (χ3v) is 1.14. The number of hydrogen-bond acceptors (Lipinski definition) is 1. The zero-order valence-electron chi connectivity index (χ0n) is 5.98. The average molecular weight is 114 g/mol. The summed E-state index contributed by atoms with van der Waals surface area (Å²) in [4.78, 5) is 1.98. The van der Waals surface area contributed by atoms with Gasteiger partial charge in [-0.05, 0) is 20.0 Å². The smallest absolute Gasteiger partial charge is 0.0106 e. The Morgan fingerprint density at radius 3 is 2.38 bits per heavy atom. The van der Waals surface area contributed by atoms with E-state index in [1.165, 1.54) is 19.3 Å². The molecule has 0 aliphatic rings. The SMILES string of the molecule is [CH2]N(C)CCCCC. The molecule has 1 radical (unpaired) electrons. The average Bonchev–Trinajstić information content (AvgIpc) is 1.66. The van der Waals surface area contributed by atoms with Crippen LogP contribution in [0.2, 0.25) is 0 Å². The standard InChI is InChI=1S/C7H16N/c1-4-5-6-7-8(2)3/h2,4-7H2,1,3H3. The summed E-state index contributed by atoms with van der Waals surface area (Å²) in [6.45, 7) is 3.34. The lowest BCUT2D eigenvalue weighted by atomic mass is 10.2. The maximum atomic E-state index is 3.74. The first kappa shape index (κ1) is 7.96. The quantitative estimate of drug-likeness (QED) is 0.504. The van der Waals surface area contributed by atoms with Crippen molar-refractivity contribution in [1.29, 1.82) is 0 Å². The minimum atomic E-state index is 1.13. The fraction of sp³-hybridized carbons (Fsp3) is 0.857. The summed E-state index contributed by atoms with van der Waals surface area (Å²) in [6.07, 6.45) is 3.92. The van der Waals surface area contributed by atoms with Crippen LogP contribution in [0.25, 0.3) is 0 Å². The zero-order chi connectivity index (χ0) is 6.41. The Balaban J connectivity index is 2.72. The fourth-order valence-corrected chi connectivity index (χ4v) is 0.632. The van der Waals surface area contributed by atoms with Crippen LogP contribution >= 0.6 is 0 Å². The van der Waals surface area contributed by atoms with Crippen LogP contribution in [0.15, 0.2) is 0 Å². The Hall–Kier alpha value is -0.0400. The topological polar surface area (TPSA) is 3.24 Å². The van der Waals surface area contributed by atoms with Crippen molar-refractivity contribution >= 4 is 0 Å². The molecule has 0 N–H and O–H groups in total. The first-order chi connectivity index (χ1) is 3.77. The third kappa shape index (κ3) is 5.96. The van der Waals surface area contributed by atoms with Gasteiger partial charge in [-0.15, -0.1) is 0 Å². The highest BCUT2D eigenvalue weighted by atomic mass is 15.0. The molecule has 0 aromatic rings. The van der Waals surface area contributed by atoms with Crippen LogP contribution in [-0.2, 0) is 0 Å². The van der Waals surface area contributed by atoms with Crippen molar-refractivity contribution in [3.8, 4) is 0 Å². The molecule has 0 unspecified atom stereocenters. The van der Waals surface area contributed by atoms with Gasteiger partial charge >= 0.3 is 0 Å².